The van der Waals surface area contributed by atoms with Gasteiger partial charge in [-0.05, 0) is 39.5 Å². The summed E-state index contributed by atoms with van der Waals surface area (Å²) in [6.45, 7) is 4.81. The second-order valence-corrected chi connectivity index (χ2v) is 7.81. The van der Waals surface area contributed by atoms with Gasteiger partial charge in [0.1, 0.15) is 0 Å². The van der Waals surface area contributed by atoms with Crippen LogP contribution in [0.3, 0.4) is 0 Å². The van der Waals surface area contributed by atoms with Crippen LogP contribution in [0.5, 0.6) is 0 Å². The first-order chi connectivity index (χ1) is 8.47. The molecule has 0 radical (unpaired) electrons. The molecule has 0 aromatic heterocycles. The molecular formula is C12H24BrNO3S. The third-order valence-electron chi connectivity index (χ3n) is 3.14. The van der Waals surface area contributed by atoms with Crippen LogP contribution in [0.1, 0.15) is 39.5 Å². The fraction of sp³-hybridized carbons (Fsp3) is 1.00. The second kappa shape index (κ2) is 7.82. The van der Waals surface area contributed by atoms with Gasteiger partial charge in [0.05, 0.1) is 18.5 Å². The third-order valence-corrected chi connectivity index (χ3v) is 5.58. The van der Waals surface area contributed by atoms with Gasteiger partial charge >= 0.3 is 0 Å². The molecule has 0 aliphatic carbocycles. The van der Waals surface area contributed by atoms with Crippen molar-refractivity contribution in [3.8, 4) is 0 Å². The minimum absolute atomic E-state index is 0.0861. The molecule has 0 aromatic rings. The van der Waals surface area contributed by atoms with Gasteiger partial charge in [-0.25, -0.2) is 8.42 Å². The Balaban J connectivity index is 2.49. The fourth-order valence-electron chi connectivity index (χ4n) is 2.28. The predicted octanol–water partition coefficient (Wildman–Crippen LogP) is 2.38. The molecule has 18 heavy (non-hydrogen) atoms. The monoisotopic (exact) mass is 341 g/mol. The predicted molar refractivity (Wildman–Crippen MR) is 77.6 cm³/mol. The molecule has 0 bridgehead atoms. The highest BCUT2D eigenvalue weighted by atomic mass is 79.9. The Morgan fingerprint density at radius 3 is 2.78 bits per heavy atom. The molecule has 4 nitrogen and oxygen atoms in total. The maximum atomic E-state index is 12.2. The molecule has 0 spiro atoms. The van der Waals surface area contributed by atoms with E-state index in [1.54, 1.807) is 4.31 Å². The number of sulfonamides is 1. The summed E-state index contributed by atoms with van der Waals surface area (Å²) >= 11 is 3.40. The lowest BCUT2D eigenvalue weighted by atomic mass is 10.1. The van der Waals surface area contributed by atoms with Crippen molar-refractivity contribution in [3.05, 3.63) is 0 Å². The van der Waals surface area contributed by atoms with E-state index in [0.29, 0.717) is 13.2 Å². The van der Waals surface area contributed by atoms with Crippen LogP contribution >= 0.6 is 15.9 Å². The van der Waals surface area contributed by atoms with E-state index in [4.69, 9.17) is 4.74 Å². The summed E-state index contributed by atoms with van der Waals surface area (Å²) in [6.07, 6.45) is 4.05. The number of halogens is 1. The average molecular weight is 342 g/mol. The lowest BCUT2D eigenvalue weighted by Crippen LogP contribution is -2.38. The van der Waals surface area contributed by atoms with E-state index in [0.717, 1.165) is 31.0 Å². The van der Waals surface area contributed by atoms with Crippen LogP contribution in [0, 0.1) is 0 Å². The quantitative estimate of drug-likeness (QED) is 0.637. The normalized spacial score (nSPS) is 21.9. The number of alkyl halides is 1. The fourth-order valence-corrected chi connectivity index (χ4v) is 4.22. The summed E-state index contributed by atoms with van der Waals surface area (Å²) in [5.74, 6) is 0.107. The van der Waals surface area contributed by atoms with Crippen molar-refractivity contribution in [2.75, 3.05) is 24.2 Å². The molecule has 0 N–H and O–H groups in total. The Kier molecular flexibility index (Phi) is 7.13. The smallest absolute Gasteiger partial charge is 0.216 e. The van der Waals surface area contributed by atoms with E-state index in [9.17, 15) is 8.42 Å². The van der Waals surface area contributed by atoms with Gasteiger partial charge in [-0.15, -0.1) is 0 Å². The average Bonchev–Trinajstić information content (AvgIpc) is 2.74. The van der Waals surface area contributed by atoms with Crippen LogP contribution in [0.15, 0.2) is 0 Å². The Labute approximate surface area is 119 Å². The zero-order valence-corrected chi connectivity index (χ0v) is 13.7. The Hall–Kier alpha value is 0.350. The summed E-state index contributed by atoms with van der Waals surface area (Å²) < 4.78 is 31.5. The van der Waals surface area contributed by atoms with Crippen molar-refractivity contribution in [3.63, 3.8) is 0 Å². The minimum atomic E-state index is -3.14. The number of hydrogen-bond donors (Lipinski definition) is 0. The van der Waals surface area contributed by atoms with Gasteiger partial charge in [0.15, 0.2) is 0 Å². The van der Waals surface area contributed by atoms with Crippen molar-refractivity contribution in [1.29, 1.82) is 0 Å². The van der Waals surface area contributed by atoms with Gasteiger partial charge in [-0.1, -0.05) is 15.9 Å². The number of hydrogen-bond acceptors (Lipinski definition) is 3. The number of ether oxygens (including phenoxy) is 1. The highest BCUT2D eigenvalue weighted by Gasteiger charge is 2.33. The van der Waals surface area contributed by atoms with Crippen LogP contribution in [0.4, 0.5) is 0 Å². The Morgan fingerprint density at radius 1 is 1.44 bits per heavy atom. The van der Waals surface area contributed by atoms with Gasteiger partial charge in [-0.3, -0.25) is 0 Å². The summed E-state index contributed by atoms with van der Waals surface area (Å²) in [7, 11) is -3.14. The molecule has 0 saturated carbocycles. The Bertz CT molecular complexity index is 332. The molecule has 1 saturated heterocycles. The first-order valence-electron chi connectivity index (χ1n) is 6.64. The second-order valence-electron chi connectivity index (χ2n) is 4.97. The molecule has 1 rings (SSSR count). The molecule has 1 aliphatic heterocycles. The van der Waals surface area contributed by atoms with Crippen molar-refractivity contribution in [2.24, 2.45) is 0 Å². The van der Waals surface area contributed by atoms with Crippen molar-refractivity contribution in [2.45, 2.75) is 51.7 Å². The maximum Gasteiger partial charge on any atom is 0.216 e. The van der Waals surface area contributed by atoms with E-state index in [2.05, 4.69) is 15.9 Å². The third kappa shape index (κ3) is 5.15. The zero-order valence-electron chi connectivity index (χ0n) is 11.3. The van der Waals surface area contributed by atoms with Gasteiger partial charge in [0.25, 0.3) is 0 Å². The molecule has 1 heterocycles. The molecular weight excluding hydrogens is 318 g/mol. The summed E-state index contributed by atoms with van der Waals surface area (Å²) in [5, 5.41) is 0.938. The van der Waals surface area contributed by atoms with Crippen LogP contribution < -0.4 is 0 Å². The molecule has 6 heteroatoms. The van der Waals surface area contributed by atoms with E-state index in [1.807, 2.05) is 13.8 Å². The Morgan fingerprint density at radius 2 is 2.17 bits per heavy atom. The maximum absolute atomic E-state index is 12.2. The minimum Gasteiger partial charge on any atom is -0.378 e. The van der Waals surface area contributed by atoms with Gasteiger partial charge in [-0.2, -0.15) is 4.31 Å². The highest BCUT2D eigenvalue weighted by molar-refractivity contribution is 9.09. The van der Waals surface area contributed by atoms with Crippen molar-refractivity contribution < 1.29 is 13.2 Å². The van der Waals surface area contributed by atoms with E-state index < -0.39 is 10.0 Å². The molecule has 0 aromatic carbocycles. The molecule has 1 aliphatic rings. The van der Waals surface area contributed by atoms with Crippen molar-refractivity contribution in [1.82, 2.24) is 4.31 Å². The van der Waals surface area contributed by atoms with Crippen LogP contribution in [0.2, 0.25) is 0 Å². The first-order valence-corrected chi connectivity index (χ1v) is 9.37. The first kappa shape index (κ1) is 16.4. The van der Waals surface area contributed by atoms with Crippen LogP contribution in [-0.2, 0) is 14.8 Å². The zero-order chi connectivity index (χ0) is 13.6. The van der Waals surface area contributed by atoms with E-state index >= 15 is 0 Å². The topological polar surface area (TPSA) is 46.6 Å². The van der Waals surface area contributed by atoms with Gasteiger partial charge < -0.3 is 4.74 Å². The van der Waals surface area contributed by atoms with Gasteiger partial charge in [0.2, 0.25) is 10.0 Å². The lowest BCUT2D eigenvalue weighted by molar-refractivity contribution is 0.0906. The van der Waals surface area contributed by atoms with Crippen molar-refractivity contribution >= 4 is 26.0 Å². The lowest BCUT2D eigenvalue weighted by Gasteiger charge is -2.24. The summed E-state index contributed by atoms with van der Waals surface area (Å²) in [4.78, 5) is 0. The van der Waals surface area contributed by atoms with E-state index in [1.165, 1.54) is 0 Å². The molecule has 108 valence electrons. The van der Waals surface area contributed by atoms with Crippen LogP contribution in [-0.4, -0.2) is 49.1 Å². The summed E-state index contributed by atoms with van der Waals surface area (Å²) in [6, 6.07) is 0.201. The number of rotatable bonds is 8. The molecule has 1 unspecified atom stereocenters. The van der Waals surface area contributed by atoms with Crippen LogP contribution in [0.25, 0.3) is 0 Å². The number of nitrogens with zero attached hydrogens (tertiary/aromatic N) is 1. The molecule has 1 atom stereocenters. The largest absolute Gasteiger partial charge is 0.378 e. The van der Waals surface area contributed by atoms with E-state index in [-0.39, 0.29) is 17.9 Å². The van der Waals surface area contributed by atoms with Gasteiger partial charge in [0, 0.05) is 17.9 Å². The highest BCUT2D eigenvalue weighted by Crippen LogP contribution is 2.25. The SMILES string of the molecule is CC(C)OCCS(=O)(=O)N1CCCC1CCCBr. The standard InChI is InChI=1S/C12H24BrNO3S/c1-11(2)17-9-10-18(15,16)14-8-4-6-12(14)5-3-7-13/h11-12H,3-10H2,1-2H3. The molecule has 1 fully saturated rings. The summed E-state index contributed by atoms with van der Waals surface area (Å²) in [5.41, 5.74) is 0. The molecule has 0 amide bonds.